The SMILES string of the molecule is C[SiH](C)O[SiH](O[SiH3])[Si](C)(C)O[Si](C)(C)C. The second kappa shape index (κ2) is 6.05. The molecule has 0 radical (unpaired) electrons. The van der Waals surface area contributed by atoms with Crippen LogP contribution < -0.4 is 0 Å². The highest BCUT2D eigenvalue weighted by molar-refractivity contribution is 7.27. The van der Waals surface area contributed by atoms with Gasteiger partial charge in [0.05, 0.1) is 0 Å². The van der Waals surface area contributed by atoms with Crippen LogP contribution in [0, 0.1) is 0 Å². The normalized spacial score (nSPS) is 16.0. The summed E-state index contributed by atoms with van der Waals surface area (Å²) in [5, 5.41) is 0. The Morgan fingerprint density at radius 2 is 1.47 bits per heavy atom. The lowest BCUT2D eigenvalue weighted by Crippen LogP contribution is -2.57. The Hall–Kier alpha value is 0.964. The van der Waals surface area contributed by atoms with Crippen LogP contribution in [0.4, 0.5) is 0 Å². The van der Waals surface area contributed by atoms with Gasteiger partial charge in [-0.15, -0.1) is 0 Å². The zero-order chi connectivity index (χ0) is 12.3. The maximum atomic E-state index is 6.31. The summed E-state index contributed by atoms with van der Waals surface area (Å²) in [5.74, 6) is 0. The predicted octanol–water partition coefficient (Wildman–Crippen LogP) is 0.639. The van der Waals surface area contributed by atoms with Crippen LogP contribution in [0.25, 0.3) is 0 Å². The number of rotatable bonds is 6. The van der Waals surface area contributed by atoms with Gasteiger partial charge in [-0.25, -0.2) is 0 Å². The Morgan fingerprint density at radius 3 is 1.73 bits per heavy atom. The molecule has 0 spiro atoms. The average molecular weight is 299 g/mol. The zero-order valence-electron chi connectivity index (χ0n) is 11.4. The van der Waals surface area contributed by atoms with E-state index in [0.29, 0.717) is 0 Å². The summed E-state index contributed by atoms with van der Waals surface area (Å²) >= 11 is 0. The van der Waals surface area contributed by atoms with E-state index in [4.69, 9.17) is 12.3 Å². The first-order chi connectivity index (χ1) is 6.58. The molecule has 1 unspecified atom stereocenters. The minimum absolute atomic E-state index is 0.779. The fourth-order valence-corrected chi connectivity index (χ4v) is 29.8. The summed E-state index contributed by atoms with van der Waals surface area (Å²) < 4.78 is 18.1. The van der Waals surface area contributed by atoms with E-state index < -0.39 is 34.0 Å². The fraction of sp³-hybridized carbons (Fsp3) is 1.00. The van der Waals surface area contributed by atoms with Crippen LogP contribution in [-0.4, -0.2) is 44.5 Å². The maximum Gasteiger partial charge on any atom is 0.311 e. The zero-order valence-corrected chi connectivity index (χ0v) is 17.7. The molecular weight excluding hydrogens is 273 g/mol. The van der Waals surface area contributed by atoms with Crippen LogP contribution in [0.15, 0.2) is 0 Å². The largest absolute Gasteiger partial charge is 0.455 e. The minimum atomic E-state index is -1.71. The third kappa shape index (κ3) is 6.99. The second-order valence-corrected chi connectivity index (χ2v) is 25.1. The lowest BCUT2D eigenvalue weighted by atomic mass is 11.8. The molecule has 0 fully saturated rings. The van der Waals surface area contributed by atoms with Crippen molar-refractivity contribution in [3.8, 4) is 0 Å². The monoisotopic (exact) mass is 298 g/mol. The van der Waals surface area contributed by atoms with E-state index in [2.05, 4.69) is 45.8 Å². The molecule has 8 heteroatoms. The van der Waals surface area contributed by atoms with Gasteiger partial charge in [-0.3, -0.25) is 0 Å². The molecule has 0 aromatic rings. The van der Waals surface area contributed by atoms with E-state index in [1.54, 1.807) is 0 Å². The fourth-order valence-electron chi connectivity index (χ4n) is 1.59. The minimum Gasteiger partial charge on any atom is -0.455 e. The molecule has 0 aliphatic carbocycles. The van der Waals surface area contributed by atoms with E-state index in [1.807, 2.05) is 0 Å². The molecule has 0 rings (SSSR count). The van der Waals surface area contributed by atoms with Gasteiger partial charge in [-0.1, -0.05) is 0 Å². The summed E-state index contributed by atoms with van der Waals surface area (Å²) in [7, 11) is -4.87. The molecule has 0 bridgehead atoms. The molecule has 0 amide bonds. The highest BCUT2D eigenvalue weighted by atomic mass is 29.3. The lowest BCUT2D eigenvalue weighted by Gasteiger charge is -2.36. The van der Waals surface area contributed by atoms with Gasteiger partial charge in [0, 0.05) is 0 Å². The average Bonchev–Trinajstić information content (AvgIpc) is 1.94. The summed E-state index contributed by atoms with van der Waals surface area (Å²) in [6.07, 6.45) is 0. The van der Waals surface area contributed by atoms with Crippen LogP contribution >= 0.6 is 0 Å². The van der Waals surface area contributed by atoms with Crippen molar-refractivity contribution in [2.24, 2.45) is 0 Å². The molecule has 0 N–H and O–H groups in total. The van der Waals surface area contributed by atoms with Crippen LogP contribution in [0.3, 0.4) is 0 Å². The molecule has 0 saturated carbocycles. The van der Waals surface area contributed by atoms with E-state index >= 15 is 0 Å². The summed E-state index contributed by atoms with van der Waals surface area (Å²) in [4.78, 5) is 0. The molecule has 0 heterocycles. The molecule has 3 nitrogen and oxygen atoms in total. The smallest absolute Gasteiger partial charge is 0.311 e. The van der Waals surface area contributed by atoms with Gasteiger partial charge in [0.15, 0.2) is 17.4 Å². The first-order valence-corrected chi connectivity index (χ1v) is 18.1. The summed E-state index contributed by atoms with van der Waals surface area (Å²) in [6, 6.07) is 0. The van der Waals surface area contributed by atoms with Crippen molar-refractivity contribution in [1.29, 1.82) is 0 Å². The first kappa shape index (κ1) is 16.0. The highest BCUT2D eigenvalue weighted by Gasteiger charge is 2.41. The number of hydrogen-bond donors (Lipinski definition) is 0. The Bertz CT molecular complexity index is 192. The van der Waals surface area contributed by atoms with Crippen LogP contribution in [-0.2, 0) is 12.3 Å². The van der Waals surface area contributed by atoms with E-state index in [9.17, 15) is 0 Å². The van der Waals surface area contributed by atoms with Gasteiger partial charge in [0.2, 0.25) is 7.83 Å². The van der Waals surface area contributed by atoms with Crippen molar-refractivity contribution in [2.45, 2.75) is 45.8 Å². The topological polar surface area (TPSA) is 27.7 Å². The quantitative estimate of drug-likeness (QED) is 0.674. The van der Waals surface area contributed by atoms with Crippen molar-refractivity contribution in [3.05, 3.63) is 0 Å². The van der Waals surface area contributed by atoms with Crippen molar-refractivity contribution in [1.82, 2.24) is 0 Å². The highest BCUT2D eigenvalue weighted by Crippen LogP contribution is 2.18. The Kier molecular flexibility index (Phi) is 6.44. The molecule has 15 heavy (non-hydrogen) atoms. The van der Waals surface area contributed by atoms with Gasteiger partial charge >= 0.3 is 8.80 Å². The molecular formula is C7H26O3Si5. The molecule has 0 saturated heterocycles. The van der Waals surface area contributed by atoms with Gasteiger partial charge in [-0.05, 0) is 45.8 Å². The van der Waals surface area contributed by atoms with Gasteiger partial charge in [0.25, 0.3) is 0 Å². The summed E-state index contributed by atoms with van der Waals surface area (Å²) in [6.45, 7) is 15.7. The molecule has 0 aliphatic rings. The van der Waals surface area contributed by atoms with Crippen LogP contribution in [0.1, 0.15) is 0 Å². The third-order valence-electron chi connectivity index (χ3n) is 1.75. The van der Waals surface area contributed by atoms with Gasteiger partial charge < -0.3 is 12.3 Å². The van der Waals surface area contributed by atoms with Gasteiger partial charge in [0.1, 0.15) is 10.5 Å². The molecule has 0 aromatic carbocycles. The Morgan fingerprint density at radius 1 is 1.00 bits per heavy atom. The van der Waals surface area contributed by atoms with Crippen LogP contribution in [0.2, 0.25) is 45.8 Å². The molecule has 0 aliphatic heterocycles. The second-order valence-electron chi connectivity index (χ2n) is 5.57. The van der Waals surface area contributed by atoms with E-state index in [-0.39, 0.29) is 0 Å². The Labute approximate surface area is 103 Å². The maximum absolute atomic E-state index is 6.31. The standard InChI is InChI=1S/C7H26O3Si5/c1-12(2)9-13(8-11)15(6,7)10-14(3,4)5/h12-13H,1-7,11H3. The van der Waals surface area contributed by atoms with Crippen molar-refractivity contribution in [3.63, 3.8) is 0 Å². The van der Waals surface area contributed by atoms with Crippen molar-refractivity contribution < 1.29 is 12.3 Å². The summed E-state index contributed by atoms with van der Waals surface area (Å²) in [5.41, 5.74) is 0. The molecule has 0 aromatic heterocycles. The third-order valence-corrected chi connectivity index (χ3v) is 20.1. The number of hydrogen-bond acceptors (Lipinski definition) is 3. The van der Waals surface area contributed by atoms with Gasteiger partial charge in [-0.2, -0.15) is 0 Å². The lowest BCUT2D eigenvalue weighted by molar-refractivity contribution is 0.454. The molecule has 92 valence electrons. The molecule has 1 atom stereocenters. The predicted molar refractivity (Wildman–Crippen MR) is 80.0 cm³/mol. The Balaban J connectivity index is 4.51. The first-order valence-electron chi connectivity index (χ1n) is 5.47. The van der Waals surface area contributed by atoms with E-state index in [0.717, 1.165) is 10.5 Å². The van der Waals surface area contributed by atoms with Crippen LogP contribution in [0.5, 0.6) is 0 Å². The van der Waals surface area contributed by atoms with E-state index in [1.165, 1.54) is 0 Å². The van der Waals surface area contributed by atoms with Crippen molar-refractivity contribution >= 4 is 44.5 Å². The van der Waals surface area contributed by atoms with Crippen molar-refractivity contribution in [2.75, 3.05) is 0 Å².